The zero-order chi connectivity index (χ0) is 20.4. The Morgan fingerprint density at radius 2 is 2.13 bits per heavy atom. The van der Waals surface area contributed by atoms with Crippen LogP contribution in [0.3, 0.4) is 0 Å². The molecule has 0 saturated carbocycles. The largest absolute Gasteiger partial charge is 0.330 e. The van der Waals surface area contributed by atoms with Gasteiger partial charge in [0.1, 0.15) is 11.8 Å². The van der Waals surface area contributed by atoms with Gasteiger partial charge in [0.25, 0.3) is 0 Å². The Kier molecular flexibility index (Phi) is 3.73. The van der Waals surface area contributed by atoms with Gasteiger partial charge in [0.2, 0.25) is 5.95 Å². The summed E-state index contributed by atoms with van der Waals surface area (Å²) < 4.78 is 5.48. The highest BCUT2D eigenvalue weighted by atomic mass is 16.2. The number of imidazole rings is 1. The minimum absolute atomic E-state index is 0.0397. The first-order chi connectivity index (χ1) is 14.6. The molecule has 6 heterocycles. The SMILES string of the molecule is Cc1cc2ncnn2cc1Nc1nc2c3c(n1)n([C@H]1CCN(C)C1)c(=O)n3CCC2. The fourth-order valence-corrected chi connectivity index (χ4v) is 4.75. The highest BCUT2D eigenvalue weighted by Gasteiger charge is 2.30. The van der Waals surface area contributed by atoms with E-state index in [-0.39, 0.29) is 11.7 Å². The lowest BCUT2D eigenvalue weighted by molar-refractivity contribution is 0.390. The lowest BCUT2D eigenvalue weighted by atomic mass is 10.1. The third-order valence-electron chi connectivity index (χ3n) is 6.27. The van der Waals surface area contributed by atoms with Gasteiger partial charge in [0, 0.05) is 13.1 Å². The first-order valence-corrected chi connectivity index (χ1v) is 10.4. The molecule has 1 saturated heterocycles. The van der Waals surface area contributed by atoms with E-state index >= 15 is 0 Å². The molecule has 154 valence electrons. The molecule has 1 fully saturated rings. The van der Waals surface area contributed by atoms with E-state index in [0.717, 1.165) is 72.7 Å². The van der Waals surface area contributed by atoms with Crippen molar-refractivity contribution >= 4 is 28.4 Å². The van der Waals surface area contributed by atoms with Gasteiger partial charge in [-0.25, -0.2) is 19.3 Å². The van der Waals surface area contributed by atoms with Crippen LogP contribution >= 0.6 is 0 Å². The zero-order valence-electron chi connectivity index (χ0n) is 17.0. The van der Waals surface area contributed by atoms with Crippen molar-refractivity contribution < 1.29 is 0 Å². The minimum Gasteiger partial charge on any atom is -0.322 e. The molecule has 0 amide bonds. The smallest absolute Gasteiger partial charge is 0.322 e. The van der Waals surface area contributed by atoms with Crippen LogP contribution in [-0.2, 0) is 13.0 Å². The monoisotopic (exact) mass is 405 g/mol. The number of anilines is 2. The maximum absolute atomic E-state index is 13.2. The van der Waals surface area contributed by atoms with Gasteiger partial charge in [-0.15, -0.1) is 0 Å². The van der Waals surface area contributed by atoms with E-state index in [1.807, 2.05) is 28.3 Å². The predicted octanol–water partition coefficient (Wildman–Crippen LogP) is 1.51. The molecule has 10 nitrogen and oxygen atoms in total. The standard InChI is InChI=1S/C20H23N9O/c1-12-8-16-21-11-22-28(16)10-15(12)24-19-23-14-4-3-6-27-17(14)18(25-19)29(20(27)30)13-5-7-26(2)9-13/h8,10-11,13H,3-7,9H2,1-2H3,(H,23,24,25)/t13-/m0/s1. The molecule has 0 aliphatic carbocycles. The molecular weight excluding hydrogens is 382 g/mol. The van der Waals surface area contributed by atoms with Gasteiger partial charge in [-0.3, -0.25) is 9.13 Å². The summed E-state index contributed by atoms with van der Waals surface area (Å²) in [5, 5.41) is 7.57. The number of nitrogens with zero attached hydrogens (tertiary/aromatic N) is 8. The van der Waals surface area contributed by atoms with Crippen LogP contribution in [0.15, 0.2) is 23.4 Å². The number of hydrogen-bond donors (Lipinski definition) is 1. The van der Waals surface area contributed by atoms with E-state index in [0.29, 0.717) is 5.95 Å². The lowest BCUT2D eigenvalue weighted by Crippen LogP contribution is -2.29. The topological polar surface area (TPSA) is 98.2 Å². The maximum atomic E-state index is 13.2. The molecule has 0 radical (unpaired) electrons. The molecule has 10 heteroatoms. The molecule has 0 unspecified atom stereocenters. The van der Waals surface area contributed by atoms with Crippen LogP contribution in [0.4, 0.5) is 11.6 Å². The van der Waals surface area contributed by atoms with Crippen LogP contribution in [0, 0.1) is 6.92 Å². The summed E-state index contributed by atoms with van der Waals surface area (Å²) in [5.41, 5.74) is 5.31. The van der Waals surface area contributed by atoms with Crippen LogP contribution in [-0.4, -0.2) is 58.7 Å². The Balaban J connectivity index is 1.50. The first-order valence-electron chi connectivity index (χ1n) is 10.4. The van der Waals surface area contributed by atoms with Gasteiger partial charge in [0.05, 0.1) is 23.6 Å². The number of likely N-dealkylation sites (N-methyl/N-ethyl adjacent to an activating group) is 1. The van der Waals surface area contributed by atoms with Crippen molar-refractivity contribution in [3.8, 4) is 0 Å². The fourth-order valence-electron chi connectivity index (χ4n) is 4.75. The highest BCUT2D eigenvalue weighted by Crippen LogP contribution is 2.29. The third kappa shape index (κ3) is 2.56. The van der Waals surface area contributed by atoms with E-state index in [4.69, 9.17) is 9.97 Å². The Morgan fingerprint density at radius 1 is 1.23 bits per heavy atom. The summed E-state index contributed by atoms with van der Waals surface area (Å²) in [7, 11) is 2.10. The summed E-state index contributed by atoms with van der Waals surface area (Å²) in [6.45, 7) is 4.60. The quantitative estimate of drug-likeness (QED) is 0.552. The third-order valence-corrected chi connectivity index (χ3v) is 6.27. The van der Waals surface area contributed by atoms with Gasteiger partial charge in [-0.2, -0.15) is 10.1 Å². The number of rotatable bonds is 3. The van der Waals surface area contributed by atoms with E-state index in [1.54, 1.807) is 4.52 Å². The number of hydrogen-bond acceptors (Lipinski definition) is 7. The average Bonchev–Trinajstić information content (AvgIpc) is 3.42. The number of pyridine rings is 1. The Labute approximate surface area is 172 Å². The Morgan fingerprint density at radius 3 is 2.97 bits per heavy atom. The Bertz CT molecular complexity index is 1350. The second-order valence-electron chi connectivity index (χ2n) is 8.34. The van der Waals surface area contributed by atoms with Gasteiger partial charge < -0.3 is 10.2 Å². The molecule has 0 aromatic carbocycles. The second kappa shape index (κ2) is 6.36. The fraction of sp³-hybridized carbons (Fsp3) is 0.450. The summed E-state index contributed by atoms with van der Waals surface area (Å²) >= 11 is 0. The van der Waals surface area contributed by atoms with Crippen molar-refractivity contribution in [1.29, 1.82) is 0 Å². The number of likely N-dealkylation sites (tertiary alicyclic amines) is 1. The van der Waals surface area contributed by atoms with Crippen LogP contribution in [0.1, 0.15) is 30.1 Å². The van der Waals surface area contributed by atoms with E-state index in [9.17, 15) is 4.79 Å². The van der Waals surface area contributed by atoms with Crippen molar-refractivity contribution in [2.75, 3.05) is 25.5 Å². The van der Waals surface area contributed by atoms with E-state index < -0.39 is 0 Å². The maximum Gasteiger partial charge on any atom is 0.330 e. The van der Waals surface area contributed by atoms with Crippen LogP contribution in [0.5, 0.6) is 0 Å². The van der Waals surface area contributed by atoms with Crippen molar-refractivity contribution in [2.24, 2.45) is 0 Å². The molecule has 4 aromatic rings. The molecule has 6 rings (SSSR count). The molecule has 2 aliphatic rings. The number of aromatic nitrogens is 7. The molecule has 1 N–H and O–H groups in total. The normalized spacial score (nSPS) is 19.2. The van der Waals surface area contributed by atoms with Gasteiger partial charge in [-0.1, -0.05) is 0 Å². The van der Waals surface area contributed by atoms with Crippen LogP contribution < -0.4 is 11.0 Å². The van der Waals surface area contributed by atoms with Gasteiger partial charge >= 0.3 is 5.69 Å². The molecule has 0 spiro atoms. The van der Waals surface area contributed by atoms with Crippen LogP contribution in [0.2, 0.25) is 0 Å². The molecule has 0 bridgehead atoms. The molecular formula is C20H23N9O. The van der Waals surface area contributed by atoms with Crippen molar-refractivity contribution in [3.05, 3.63) is 40.3 Å². The highest BCUT2D eigenvalue weighted by molar-refractivity contribution is 5.77. The predicted molar refractivity (Wildman–Crippen MR) is 112 cm³/mol. The van der Waals surface area contributed by atoms with Gasteiger partial charge in [0.15, 0.2) is 11.3 Å². The lowest BCUT2D eigenvalue weighted by Gasteiger charge is -2.15. The number of aryl methyl sites for hydroxylation is 3. The van der Waals surface area contributed by atoms with Gasteiger partial charge in [-0.05, 0) is 51.4 Å². The Hall–Kier alpha value is -3.27. The minimum atomic E-state index is 0.0397. The van der Waals surface area contributed by atoms with Crippen molar-refractivity contribution in [3.63, 3.8) is 0 Å². The van der Waals surface area contributed by atoms with E-state index in [2.05, 4.69) is 27.3 Å². The molecule has 4 aromatic heterocycles. The second-order valence-corrected chi connectivity index (χ2v) is 8.34. The summed E-state index contributed by atoms with van der Waals surface area (Å²) in [6, 6.07) is 2.12. The van der Waals surface area contributed by atoms with Crippen LogP contribution in [0.25, 0.3) is 16.8 Å². The summed E-state index contributed by atoms with van der Waals surface area (Å²) in [5.74, 6) is 0.513. The molecule has 2 aliphatic heterocycles. The first kappa shape index (κ1) is 17.6. The molecule has 1 atom stereocenters. The van der Waals surface area contributed by atoms with Crippen molar-refractivity contribution in [2.45, 2.75) is 38.8 Å². The zero-order valence-corrected chi connectivity index (χ0v) is 17.0. The van der Waals surface area contributed by atoms with Crippen molar-refractivity contribution in [1.82, 2.24) is 38.6 Å². The molecule has 30 heavy (non-hydrogen) atoms. The number of fused-ring (bicyclic) bond motifs is 1. The summed E-state index contributed by atoms with van der Waals surface area (Å²) in [6.07, 6.45) is 6.14. The summed E-state index contributed by atoms with van der Waals surface area (Å²) in [4.78, 5) is 29.3. The average molecular weight is 405 g/mol. The number of nitrogens with one attached hydrogen (secondary N) is 1. The van der Waals surface area contributed by atoms with E-state index in [1.165, 1.54) is 6.33 Å².